The van der Waals surface area contributed by atoms with Gasteiger partial charge in [-0.05, 0) is 58.1 Å². The lowest BCUT2D eigenvalue weighted by Crippen LogP contribution is -2.05. The minimum absolute atomic E-state index is 0.542. The first-order valence-corrected chi connectivity index (χ1v) is 20.1. The highest BCUT2D eigenvalue weighted by atomic mass is 32.1. The van der Waals surface area contributed by atoms with E-state index < -0.39 is 0 Å². The SMILES string of the molecule is c1ccc(-c2ccc(-c3ccc4c(c3)sc3ccc5c6ccccc6n(-c6ccccc6)c5c34)c(Cc3nc(-c4ccccc4)nc(-c4ccccc4)n3)c2)cc1. The predicted molar refractivity (Wildman–Crippen MR) is 238 cm³/mol. The molecule has 57 heavy (non-hydrogen) atoms. The Morgan fingerprint density at radius 3 is 1.72 bits per heavy atom. The molecular weight excluding hydrogens is 713 g/mol. The second-order valence-corrected chi connectivity index (χ2v) is 15.5. The molecule has 3 heterocycles. The van der Waals surface area contributed by atoms with E-state index in [0.29, 0.717) is 18.1 Å². The Kier molecular flexibility index (Phi) is 8.04. The third-order valence-electron chi connectivity index (χ3n) is 10.9. The molecule has 0 aliphatic rings. The molecule has 0 unspecified atom stereocenters. The monoisotopic (exact) mass is 746 g/mol. The van der Waals surface area contributed by atoms with Gasteiger partial charge in [0, 0.05) is 54.2 Å². The molecule has 11 rings (SSSR count). The van der Waals surface area contributed by atoms with E-state index in [9.17, 15) is 0 Å². The molecule has 268 valence electrons. The van der Waals surface area contributed by atoms with Crippen molar-refractivity contribution in [3.8, 4) is 50.7 Å². The maximum atomic E-state index is 5.10. The second-order valence-electron chi connectivity index (χ2n) is 14.4. The van der Waals surface area contributed by atoms with Gasteiger partial charge in [-0.1, -0.05) is 164 Å². The van der Waals surface area contributed by atoms with Crippen LogP contribution in [-0.4, -0.2) is 19.5 Å². The molecule has 0 atom stereocenters. The zero-order valence-corrected chi connectivity index (χ0v) is 31.7. The van der Waals surface area contributed by atoms with Crippen molar-refractivity contribution >= 4 is 53.3 Å². The summed E-state index contributed by atoms with van der Waals surface area (Å²) in [5, 5.41) is 5.10. The van der Waals surface area contributed by atoms with Crippen LogP contribution in [0.25, 0.3) is 92.7 Å². The van der Waals surface area contributed by atoms with E-state index in [1.807, 2.05) is 47.7 Å². The molecule has 11 aromatic rings. The number of hydrogen-bond donors (Lipinski definition) is 0. The highest BCUT2D eigenvalue weighted by Gasteiger charge is 2.20. The molecule has 0 aliphatic carbocycles. The van der Waals surface area contributed by atoms with Crippen molar-refractivity contribution < 1.29 is 0 Å². The fraction of sp³-hybridized carbons (Fsp3) is 0.0192. The maximum absolute atomic E-state index is 5.10. The molecule has 8 aromatic carbocycles. The minimum atomic E-state index is 0.542. The summed E-state index contributed by atoms with van der Waals surface area (Å²) >= 11 is 1.86. The fourth-order valence-electron chi connectivity index (χ4n) is 8.26. The molecule has 0 spiro atoms. The first kappa shape index (κ1) is 33.2. The van der Waals surface area contributed by atoms with Gasteiger partial charge in [0.1, 0.15) is 5.82 Å². The highest BCUT2D eigenvalue weighted by Crippen LogP contribution is 2.44. The van der Waals surface area contributed by atoms with Crippen LogP contribution in [0.1, 0.15) is 11.4 Å². The van der Waals surface area contributed by atoms with E-state index in [-0.39, 0.29) is 0 Å². The average Bonchev–Trinajstić information content (AvgIpc) is 3.83. The van der Waals surface area contributed by atoms with Crippen LogP contribution in [0.2, 0.25) is 0 Å². The fourth-order valence-corrected chi connectivity index (χ4v) is 9.41. The van der Waals surface area contributed by atoms with Crippen LogP contribution in [0.4, 0.5) is 0 Å². The number of para-hydroxylation sites is 2. The maximum Gasteiger partial charge on any atom is 0.163 e. The summed E-state index contributed by atoms with van der Waals surface area (Å²) in [6.07, 6.45) is 0.542. The molecule has 0 N–H and O–H groups in total. The summed E-state index contributed by atoms with van der Waals surface area (Å²) in [5.74, 6) is 2.07. The van der Waals surface area contributed by atoms with Crippen molar-refractivity contribution in [2.45, 2.75) is 6.42 Å². The van der Waals surface area contributed by atoms with Gasteiger partial charge in [-0.25, -0.2) is 15.0 Å². The number of hydrogen-bond acceptors (Lipinski definition) is 4. The predicted octanol–water partition coefficient (Wildman–Crippen LogP) is 13.6. The van der Waals surface area contributed by atoms with Gasteiger partial charge in [-0.2, -0.15) is 0 Å². The van der Waals surface area contributed by atoms with Gasteiger partial charge in [0.2, 0.25) is 0 Å². The molecule has 0 radical (unpaired) electrons. The molecule has 0 bridgehead atoms. The number of benzene rings is 8. The summed E-state index contributed by atoms with van der Waals surface area (Å²) in [6, 6.07) is 68.9. The Morgan fingerprint density at radius 2 is 1.02 bits per heavy atom. The first-order chi connectivity index (χ1) is 28.2. The quantitative estimate of drug-likeness (QED) is 0.163. The summed E-state index contributed by atoms with van der Waals surface area (Å²) < 4.78 is 4.98. The van der Waals surface area contributed by atoms with Crippen molar-refractivity contribution in [3.63, 3.8) is 0 Å². The van der Waals surface area contributed by atoms with Crippen LogP contribution >= 0.6 is 11.3 Å². The van der Waals surface area contributed by atoms with Crippen molar-refractivity contribution in [1.29, 1.82) is 0 Å². The van der Waals surface area contributed by atoms with Gasteiger partial charge in [-0.15, -0.1) is 11.3 Å². The van der Waals surface area contributed by atoms with Gasteiger partial charge in [0.05, 0.1) is 11.0 Å². The Bertz CT molecular complexity index is 3190. The highest BCUT2D eigenvalue weighted by molar-refractivity contribution is 7.26. The molecule has 0 saturated carbocycles. The molecule has 0 saturated heterocycles. The van der Waals surface area contributed by atoms with Crippen LogP contribution in [0.15, 0.2) is 194 Å². The van der Waals surface area contributed by atoms with Crippen molar-refractivity contribution in [1.82, 2.24) is 19.5 Å². The lowest BCUT2D eigenvalue weighted by atomic mass is 9.92. The zero-order chi connectivity index (χ0) is 37.7. The molecular formula is C52H34N4S. The van der Waals surface area contributed by atoms with Crippen LogP contribution in [0.5, 0.6) is 0 Å². The summed E-state index contributed by atoms with van der Waals surface area (Å²) in [5.41, 5.74) is 11.4. The number of thiophene rings is 1. The standard InChI is InChI=1S/C52H34N4S/c1-5-15-34(16-6-1)37-25-27-41(39(31-37)33-48-53-51(35-17-7-2-8-18-35)55-52(54-48)36-19-9-3-10-20-36)38-26-28-44-47(32-38)57-46-30-29-43-42-23-13-14-24-45(42)56(50(43)49(44)46)40-21-11-4-12-22-40/h1-32H,33H2. The second kappa shape index (κ2) is 13.8. The number of fused-ring (bicyclic) bond motifs is 7. The topological polar surface area (TPSA) is 43.6 Å². The minimum Gasteiger partial charge on any atom is -0.309 e. The Hall–Kier alpha value is -7.21. The molecule has 0 aliphatic heterocycles. The average molecular weight is 747 g/mol. The van der Waals surface area contributed by atoms with Crippen LogP contribution in [0.3, 0.4) is 0 Å². The van der Waals surface area contributed by atoms with Gasteiger partial charge in [-0.3, -0.25) is 0 Å². The van der Waals surface area contributed by atoms with Crippen LogP contribution in [0, 0.1) is 0 Å². The lowest BCUT2D eigenvalue weighted by Gasteiger charge is -2.14. The molecule has 3 aromatic heterocycles. The summed E-state index contributed by atoms with van der Waals surface area (Å²) in [6.45, 7) is 0. The van der Waals surface area contributed by atoms with Crippen LogP contribution in [-0.2, 0) is 6.42 Å². The molecule has 0 amide bonds. The first-order valence-electron chi connectivity index (χ1n) is 19.2. The van der Waals surface area contributed by atoms with Gasteiger partial charge in [0.15, 0.2) is 11.6 Å². The molecule has 0 fully saturated rings. The van der Waals surface area contributed by atoms with E-state index in [1.165, 1.54) is 64.4 Å². The third-order valence-corrected chi connectivity index (χ3v) is 12.0. The summed E-state index contributed by atoms with van der Waals surface area (Å²) in [4.78, 5) is 15.2. The largest absolute Gasteiger partial charge is 0.309 e. The Balaban J connectivity index is 1.09. The molecule has 5 heteroatoms. The Labute approximate surface area is 334 Å². The van der Waals surface area contributed by atoms with Crippen molar-refractivity contribution in [2.24, 2.45) is 0 Å². The number of nitrogens with zero attached hydrogens (tertiary/aromatic N) is 4. The number of rotatable bonds is 7. The Morgan fingerprint density at radius 1 is 0.421 bits per heavy atom. The van der Waals surface area contributed by atoms with E-state index in [0.717, 1.165) is 28.1 Å². The van der Waals surface area contributed by atoms with E-state index >= 15 is 0 Å². The zero-order valence-electron chi connectivity index (χ0n) is 30.9. The van der Waals surface area contributed by atoms with Gasteiger partial charge >= 0.3 is 0 Å². The van der Waals surface area contributed by atoms with Crippen molar-refractivity contribution in [3.05, 3.63) is 206 Å². The van der Waals surface area contributed by atoms with Gasteiger partial charge < -0.3 is 4.57 Å². The van der Waals surface area contributed by atoms with E-state index in [1.54, 1.807) is 0 Å². The number of aromatic nitrogens is 4. The lowest BCUT2D eigenvalue weighted by molar-refractivity contribution is 0.933. The molecule has 4 nitrogen and oxygen atoms in total. The van der Waals surface area contributed by atoms with Crippen molar-refractivity contribution in [2.75, 3.05) is 0 Å². The van der Waals surface area contributed by atoms with E-state index in [2.05, 4.69) is 162 Å². The van der Waals surface area contributed by atoms with E-state index in [4.69, 9.17) is 15.0 Å². The summed E-state index contributed by atoms with van der Waals surface area (Å²) in [7, 11) is 0. The van der Waals surface area contributed by atoms with Gasteiger partial charge in [0.25, 0.3) is 0 Å². The third kappa shape index (κ3) is 5.88. The van der Waals surface area contributed by atoms with Crippen LogP contribution < -0.4 is 0 Å². The smallest absolute Gasteiger partial charge is 0.163 e. The normalized spacial score (nSPS) is 11.6.